The maximum absolute atomic E-state index is 10.9. The van der Waals surface area contributed by atoms with Gasteiger partial charge >= 0.3 is 5.97 Å². The number of nitrogens with one attached hydrogen (secondary N) is 1. The molecule has 0 radical (unpaired) electrons. The van der Waals surface area contributed by atoms with Crippen LogP contribution in [-0.2, 0) is 4.74 Å². The van der Waals surface area contributed by atoms with Gasteiger partial charge in [-0.15, -0.1) is 0 Å². The van der Waals surface area contributed by atoms with E-state index in [2.05, 4.69) is 5.32 Å². The molecule has 92 valence electrons. The van der Waals surface area contributed by atoms with Gasteiger partial charge in [-0.3, -0.25) is 0 Å². The first-order chi connectivity index (χ1) is 8.18. The molecule has 0 bridgehead atoms. The summed E-state index contributed by atoms with van der Waals surface area (Å²) >= 11 is 0. The summed E-state index contributed by atoms with van der Waals surface area (Å²) in [5, 5.41) is 12.1. The van der Waals surface area contributed by atoms with Crippen LogP contribution < -0.4 is 11.1 Å². The van der Waals surface area contributed by atoms with Gasteiger partial charge < -0.3 is 20.9 Å². The molecule has 0 aliphatic carbocycles. The molecule has 1 atom stereocenters. The molecule has 0 saturated carbocycles. The van der Waals surface area contributed by atoms with E-state index in [0.29, 0.717) is 12.2 Å². The number of hydrogen-bond donors (Lipinski definition) is 3. The van der Waals surface area contributed by atoms with Crippen molar-refractivity contribution in [3.05, 3.63) is 23.8 Å². The van der Waals surface area contributed by atoms with Crippen LogP contribution >= 0.6 is 0 Å². The number of ether oxygens (including phenoxy) is 1. The molecule has 2 rings (SSSR count). The first-order valence-corrected chi connectivity index (χ1v) is 5.65. The smallest absolute Gasteiger partial charge is 0.337 e. The lowest BCUT2D eigenvalue weighted by Crippen LogP contribution is -2.19. The van der Waals surface area contributed by atoms with Crippen molar-refractivity contribution in [3.63, 3.8) is 0 Å². The maximum Gasteiger partial charge on any atom is 0.337 e. The Balaban J connectivity index is 2.04. The minimum Gasteiger partial charge on any atom is -0.478 e. The number of hydrogen-bond acceptors (Lipinski definition) is 4. The van der Waals surface area contributed by atoms with Gasteiger partial charge in [-0.05, 0) is 25.0 Å². The van der Waals surface area contributed by atoms with Gasteiger partial charge in [0.05, 0.1) is 23.0 Å². The zero-order chi connectivity index (χ0) is 12.3. The minimum atomic E-state index is -1.01. The molecule has 1 saturated heterocycles. The average molecular weight is 236 g/mol. The molecular formula is C12H16N2O3. The SMILES string of the molecule is Nc1c(NCC2CCCO2)cccc1C(=O)O. The Bertz CT molecular complexity index is 414. The van der Waals surface area contributed by atoms with Crippen molar-refractivity contribution < 1.29 is 14.6 Å². The zero-order valence-electron chi connectivity index (χ0n) is 9.48. The summed E-state index contributed by atoms with van der Waals surface area (Å²) in [5.41, 5.74) is 6.84. The van der Waals surface area contributed by atoms with E-state index in [1.165, 1.54) is 6.07 Å². The fourth-order valence-corrected chi connectivity index (χ4v) is 1.93. The van der Waals surface area contributed by atoms with Crippen LogP contribution in [0.2, 0.25) is 0 Å². The lowest BCUT2D eigenvalue weighted by atomic mass is 10.1. The van der Waals surface area contributed by atoms with E-state index in [1.54, 1.807) is 12.1 Å². The minimum absolute atomic E-state index is 0.127. The number of nitrogen functional groups attached to an aromatic ring is 1. The van der Waals surface area contributed by atoms with Gasteiger partial charge in [0.25, 0.3) is 0 Å². The normalized spacial score (nSPS) is 19.2. The second-order valence-electron chi connectivity index (χ2n) is 4.09. The molecule has 0 aromatic heterocycles. The molecule has 1 fully saturated rings. The number of nitrogens with two attached hydrogens (primary N) is 1. The van der Waals surface area contributed by atoms with Crippen LogP contribution in [-0.4, -0.2) is 30.3 Å². The Morgan fingerprint density at radius 1 is 1.59 bits per heavy atom. The number of para-hydroxylation sites is 1. The van der Waals surface area contributed by atoms with Crippen molar-refractivity contribution >= 4 is 17.3 Å². The molecule has 1 unspecified atom stereocenters. The van der Waals surface area contributed by atoms with Crippen LogP contribution in [0.25, 0.3) is 0 Å². The molecule has 0 spiro atoms. The lowest BCUT2D eigenvalue weighted by molar-refractivity contribution is 0.0698. The van der Waals surface area contributed by atoms with E-state index in [9.17, 15) is 4.79 Å². The Morgan fingerprint density at radius 2 is 2.41 bits per heavy atom. The summed E-state index contributed by atoms with van der Waals surface area (Å²) < 4.78 is 5.47. The van der Waals surface area contributed by atoms with E-state index < -0.39 is 5.97 Å². The third kappa shape index (κ3) is 2.68. The number of benzene rings is 1. The van der Waals surface area contributed by atoms with E-state index in [4.69, 9.17) is 15.6 Å². The predicted octanol–water partition coefficient (Wildman–Crippen LogP) is 1.56. The number of aromatic carboxylic acids is 1. The molecule has 0 amide bonds. The first kappa shape index (κ1) is 11.7. The summed E-state index contributed by atoms with van der Waals surface area (Å²) in [6.45, 7) is 1.46. The third-order valence-corrected chi connectivity index (χ3v) is 2.88. The van der Waals surface area contributed by atoms with Gasteiger partial charge in [-0.1, -0.05) is 6.07 Å². The summed E-state index contributed by atoms with van der Waals surface area (Å²) in [6, 6.07) is 4.95. The van der Waals surface area contributed by atoms with E-state index in [0.717, 1.165) is 19.4 Å². The summed E-state index contributed by atoms with van der Waals surface area (Å²) in [7, 11) is 0. The van der Waals surface area contributed by atoms with Gasteiger partial charge in [0.2, 0.25) is 0 Å². The highest BCUT2D eigenvalue weighted by atomic mass is 16.5. The van der Waals surface area contributed by atoms with Crippen molar-refractivity contribution in [1.82, 2.24) is 0 Å². The Morgan fingerprint density at radius 3 is 3.06 bits per heavy atom. The molecular weight excluding hydrogens is 220 g/mol. The summed E-state index contributed by atoms with van der Waals surface area (Å²) in [6.07, 6.45) is 2.31. The third-order valence-electron chi connectivity index (χ3n) is 2.88. The molecule has 1 aliphatic rings. The highest BCUT2D eigenvalue weighted by molar-refractivity contribution is 5.97. The fraction of sp³-hybridized carbons (Fsp3) is 0.417. The van der Waals surface area contributed by atoms with Gasteiger partial charge in [0, 0.05) is 13.2 Å². The molecule has 1 aliphatic heterocycles. The number of rotatable bonds is 4. The van der Waals surface area contributed by atoms with Crippen LogP contribution in [0.15, 0.2) is 18.2 Å². The van der Waals surface area contributed by atoms with Crippen LogP contribution in [0.4, 0.5) is 11.4 Å². The summed E-state index contributed by atoms with van der Waals surface area (Å²) in [4.78, 5) is 10.9. The van der Waals surface area contributed by atoms with E-state index >= 15 is 0 Å². The second-order valence-corrected chi connectivity index (χ2v) is 4.09. The molecule has 17 heavy (non-hydrogen) atoms. The second kappa shape index (κ2) is 5.05. The number of carboxylic acids is 1. The molecule has 4 N–H and O–H groups in total. The molecule has 1 heterocycles. The lowest BCUT2D eigenvalue weighted by Gasteiger charge is -2.14. The van der Waals surface area contributed by atoms with Crippen molar-refractivity contribution in [1.29, 1.82) is 0 Å². The number of anilines is 2. The highest BCUT2D eigenvalue weighted by Gasteiger charge is 2.16. The molecule has 5 heteroatoms. The maximum atomic E-state index is 10.9. The summed E-state index contributed by atoms with van der Waals surface area (Å²) in [5.74, 6) is -1.01. The van der Waals surface area contributed by atoms with Crippen molar-refractivity contribution in [3.8, 4) is 0 Å². The molecule has 1 aromatic rings. The Kier molecular flexibility index (Phi) is 3.49. The van der Waals surface area contributed by atoms with Crippen molar-refractivity contribution in [2.45, 2.75) is 18.9 Å². The Labute approximate surface area is 99.6 Å². The van der Waals surface area contributed by atoms with Crippen LogP contribution in [0.1, 0.15) is 23.2 Å². The van der Waals surface area contributed by atoms with Crippen molar-refractivity contribution in [2.75, 3.05) is 24.2 Å². The molecule has 1 aromatic carbocycles. The molecule has 5 nitrogen and oxygen atoms in total. The first-order valence-electron chi connectivity index (χ1n) is 5.65. The standard InChI is InChI=1S/C12H16N2O3/c13-11-9(12(15)16)4-1-5-10(11)14-7-8-3-2-6-17-8/h1,4-5,8,14H,2-3,6-7,13H2,(H,15,16). The van der Waals surface area contributed by atoms with Gasteiger partial charge in [0.15, 0.2) is 0 Å². The van der Waals surface area contributed by atoms with E-state index in [1.807, 2.05) is 0 Å². The van der Waals surface area contributed by atoms with Gasteiger partial charge in [-0.2, -0.15) is 0 Å². The highest BCUT2D eigenvalue weighted by Crippen LogP contribution is 2.23. The fourth-order valence-electron chi connectivity index (χ4n) is 1.93. The van der Waals surface area contributed by atoms with Crippen LogP contribution in [0, 0.1) is 0 Å². The monoisotopic (exact) mass is 236 g/mol. The largest absolute Gasteiger partial charge is 0.478 e. The van der Waals surface area contributed by atoms with Gasteiger partial charge in [-0.25, -0.2) is 4.79 Å². The number of carbonyl (C=O) groups is 1. The van der Waals surface area contributed by atoms with Crippen LogP contribution in [0.5, 0.6) is 0 Å². The average Bonchev–Trinajstić information content (AvgIpc) is 2.80. The van der Waals surface area contributed by atoms with E-state index in [-0.39, 0.29) is 17.4 Å². The Hall–Kier alpha value is -1.75. The quantitative estimate of drug-likeness (QED) is 0.691. The van der Waals surface area contributed by atoms with Crippen LogP contribution in [0.3, 0.4) is 0 Å². The topological polar surface area (TPSA) is 84.6 Å². The number of carboxylic acid groups (broad SMARTS) is 1. The predicted molar refractivity (Wildman–Crippen MR) is 65.3 cm³/mol. The van der Waals surface area contributed by atoms with Gasteiger partial charge in [0.1, 0.15) is 0 Å². The van der Waals surface area contributed by atoms with Crippen molar-refractivity contribution in [2.24, 2.45) is 0 Å². The zero-order valence-corrected chi connectivity index (χ0v) is 9.48.